The summed E-state index contributed by atoms with van der Waals surface area (Å²) in [6.07, 6.45) is 1.17. The maximum absolute atomic E-state index is 3.57. The first-order chi connectivity index (χ1) is 11.6. The van der Waals surface area contributed by atoms with Gasteiger partial charge in [-0.15, -0.1) is 0 Å². The lowest BCUT2D eigenvalue weighted by atomic mass is 10.1. The van der Waals surface area contributed by atoms with Crippen LogP contribution in [0.1, 0.15) is 38.3 Å². The Kier molecular flexibility index (Phi) is 8.00. The summed E-state index contributed by atoms with van der Waals surface area (Å²) in [6.45, 7) is 11.1. The number of benzene rings is 2. The van der Waals surface area contributed by atoms with Gasteiger partial charge in [-0.25, -0.2) is 0 Å². The smallest absolute Gasteiger partial charge is 0.0240 e. The third kappa shape index (κ3) is 6.86. The van der Waals surface area contributed by atoms with E-state index in [1.165, 1.54) is 17.5 Å². The van der Waals surface area contributed by atoms with Crippen LogP contribution in [0.4, 0.5) is 0 Å². The van der Waals surface area contributed by atoms with Crippen LogP contribution in [0.2, 0.25) is 0 Å². The lowest BCUT2D eigenvalue weighted by Crippen LogP contribution is -2.35. The third-order valence-electron chi connectivity index (χ3n) is 4.37. The average molecular weight is 325 g/mol. The maximum Gasteiger partial charge on any atom is 0.0240 e. The monoisotopic (exact) mass is 324 g/mol. The molecule has 0 heterocycles. The van der Waals surface area contributed by atoms with E-state index in [0.717, 1.165) is 26.2 Å². The molecule has 2 heteroatoms. The van der Waals surface area contributed by atoms with Crippen molar-refractivity contribution in [3.05, 3.63) is 71.8 Å². The number of hydrogen-bond donors (Lipinski definition) is 1. The summed E-state index contributed by atoms with van der Waals surface area (Å²) in [4.78, 5) is 2.59. The molecule has 0 saturated carbocycles. The Bertz CT molecular complexity index is 509. The highest BCUT2D eigenvalue weighted by atomic mass is 15.1. The molecule has 24 heavy (non-hydrogen) atoms. The molecule has 0 aromatic heterocycles. The first-order valence-electron chi connectivity index (χ1n) is 9.17. The van der Waals surface area contributed by atoms with Crippen LogP contribution in [0, 0.1) is 5.92 Å². The zero-order valence-electron chi connectivity index (χ0n) is 15.4. The van der Waals surface area contributed by atoms with Gasteiger partial charge in [-0.1, -0.05) is 74.5 Å². The number of rotatable bonds is 10. The van der Waals surface area contributed by atoms with Crippen molar-refractivity contribution in [2.45, 2.75) is 46.3 Å². The molecule has 0 saturated heterocycles. The molecule has 0 aliphatic heterocycles. The van der Waals surface area contributed by atoms with Crippen molar-refractivity contribution in [1.82, 2.24) is 10.2 Å². The van der Waals surface area contributed by atoms with E-state index >= 15 is 0 Å². The zero-order valence-corrected chi connectivity index (χ0v) is 15.4. The summed E-state index contributed by atoms with van der Waals surface area (Å²) >= 11 is 0. The first-order valence-corrected chi connectivity index (χ1v) is 9.17. The second-order valence-corrected chi connectivity index (χ2v) is 7.11. The van der Waals surface area contributed by atoms with Crippen LogP contribution < -0.4 is 5.32 Å². The SMILES string of the molecule is CC(C)CNCCC(C)N(Cc1ccccc1)Cc1ccccc1. The van der Waals surface area contributed by atoms with Gasteiger partial charge in [0.1, 0.15) is 0 Å². The fourth-order valence-corrected chi connectivity index (χ4v) is 2.89. The highest BCUT2D eigenvalue weighted by Crippen LogP contribution is 2.15. The minimum atomic E-state index is 0.546. The molecule has 2 rings (SSSR count). The van der Waals surface area contributed by atoms with Crippen LogP contribution in [0.15, 0.2) is 60.7 Å². The molecule has 0 radical (unpaired) electrons. The van der Waals surface area contributed by atoms with Crippen molar-refractivity contribution in [2.75, 3.05) is 13.1 Å². The number of nitrogens with one attached hydrogen (secondary N) is 1. The van der Waals surface area contributed by atoms with Gasteiger partial charge in [0, 0.05) is 19.1 Å². The Morgan fingerprint density at radius 2 is 1.29 bits per heavy atom. The van der Waals surface area contributed by atoms with Crippen molar-refractivity contribution in [3.63, 3.8) is 0 Å². The van der Waals surface area contributed by atoms with Gasteiger partial charge in [0.05, 0.1) is 0 Å². The fourth-order valence-electron chi connectivity index (χ4n) is 2.89. The maximum atomic E-state index is 3.57. The van der Waals surface area contributed by atoms with Crippen molar-refractivity contribution in [1.29, 1.82) is 0 Å². The predicted octanol–water partition coefficient (Wildman–Crippen LogP) is 4.71. The van der Waals surface area contributed by atoms with Crippen LogP contribution in [0.3, 0.4) is 0 Å². The molecule has 130 valence electrons. The lowest BCUT2D eigenvalue weighted by molar-refractivity contribution is 0.181. The van der Waals surface area contributed by atoms with Gasteiger partial charge >= 0.3 is 0 Å². The standard InChI is InChI=1S/C22H32N2/c1-19(2)16-23-15-14-20(3)24(17-21-10-6-4-7-11-21)18-22-12-8-5-9-13-22/h4-13,19-20,23H,14-18H2,1-3H3. The molecule has 1 atom stereocenters. The van der Waals surface area contributed by atoms with E-state index in [2.05, 4.69) is 91.7 Å². The summed E-state index contributed by atoms with van der Waals surface area (Å²) in [5, 5.41) is 3.57. The van der Waals surface area contributed by atoms with Gasteiger partial charge in [-0.2, -0.15) is 0 Å². The normalized spacial score (nSPS) is 12.7. The van der Waals surface area contributed by atoms with E-state index in [0.29, 0.717) is 12.0 Å². The van der Waals surface area contributed by atoms with Crippen LogP contribution in [-0.2, 0) is 13.1 Å². The summed E-state index contributed by atoms with van der Waals surface area (Å²) in [5.74, 6) is 0.713. The zero-order chi connectivity index (χ0) is 17.2. The molecule has 0 aliphatic rings. The minimum absolute atomic E-state index is 0.546. The molecular weight excluding hydrogens is 292 g/mol. The van der Waals surface area contributed by atoms with Crippen molar-refractivity contribution >= 4 is 0 Å². The van der Waals surface area contributed by atoms with E-state index in [1.807, 2.05) is 0 Å². The van der Waals surface area contributed by atoms with Crippen LogP contribution >= 0.6 is 0 Å². The van der Waals surface area contributed by atoms with E-state index < -0.39 is 0 Å². The fraction of sp³-hybridized carbons (Fsp3) is 0.455. The second kappa shape index (κ2) is 10.3. The van der Waals surface area contributed by atoms with Gasteiger partial charge in [0.25, 0.3) is 0 Å². The molecule has 0 bridgehead atoms. The van der Waals surface area contributed by atoms with E-state index in [4.69, 9.17) is 0 Å². The van der Waals surface area contributed by atoms with Gasteiger partial charge in [0.2, 0.25) is 0 Å². The van der Waals surface area contributed by atoms with Gasteiger partial charge < -0.3 is 5.32 Å². The highest BCUT2D eigenvalue weighted by molar-refractivity contribution is 5.17. The first kappa shape index (κ1) is 18.7. The Labute approximate surface area is 147 Å². The van der Waals surface area contributed by atoms with Crippen molar-refractivity contribution < 1.29 is 0 Å². The molecule has 0 fully saturated rings. The highest BCUT2D eigenvalue weighted by Gasteiger charge is 2.14. The quantitative estimate of drug-likeness (QED) is 0.637. The minimum Gasteiger partial charge on any atom is -0.316 e. The van der Waals surface area contributed by atoms with E-state index in [1.54, 1.807) is 0 Å². The molecule has 0 aliphatic carbocycles. The van der Waals surface area contributed by atoms with E-state index in [-0.39, 0.29) is 0 Å². The van der Waals surface area contributed by atoms with E-state index in [9.17, 15) is 0 Å². The predicted molar refractivity (Wildman–Crippen MR) is 104 cm³/mol. The Morgan fingerprint density at radius 1 is 0.792 bits per heavy atom. The lowest BCUT2D eigenvalue weighted by Gasteiger charge is -2.29. The van der Waals surface area contributed by atoms with Gasteiger partial charge in [0.15, 0.2) is 0 Å². The summed E-state index contributed by atoms with van der Waals surface area (Å²) < 4.78 is 0. The van der Waals surface area contributed by atoms with Crippen LogP contribution in [0.25, 0.3) is 0 Å². The molecular formula is C22H32N2. The number of hydrogen-bond acceptors (Lipinski definition) is 2. The molecule has 1 N–H and O–H groups in total. The average Bonchev–Trinajstić information content (AvgIpc) is 2.59. The molecule has 2 aromatic rings. The Balaban J connectivity index is 1.96. The van der Waals surface area contributed by atoms with Gasteiger partial charge in [-0.05, 0) is 43.5 Å². The van der Waals surface area contributed by atoms with Crippen LogP contribution in [0.5, 0.6) is 0 Å². The number of nitrogens with zero attached hydrogens (tertiary/aromatic N) is 1. The Hall–Kier alpha value is -1.64. The van der Waals surface area contributed by atoms with Gasteiger partial charge in [-0.3, -0.25) is 4.90 Å². The topological polar surface area (TPSA) is 15.3 Å². The van der Waals surface area contributed by atoms with Crippen molar-refractivity contribution in [3.8, 4) is 0 Å². The van der Waals surface area contributed by atoms with Crippen LogP contribution in [-0.4, -0.2) is 24.0 Å². The molecule has 2 nitrogen and oxygen atoms in total. The largest absolute Gasteiger partial charge is 0.316 e. The molecule has 0 amide bonds. The summed E-state index contributed by atoms with van der Waals surface area (Å²) in [7, 11) is 0. The molecule has 0 spiro atoms. The third-order valence-corrected chi connectivity index (χ3v) is 4.37. The summed E-state index contributed by atoms with van der Waals surface area (Å²) in [6, 6.07) is 22.1. The van der Waals surface area contributed by atoms with Crippen molar-refractivity contribution in [2.24, 2.45) is 5.92 Å². The summed E-state index contributed by atoms with van der Waals surface area (Å²) in [5.41, 5.74) is 2.77. The molecule has 1 unspecified atom stereocenters. The second-order valence-electron chi connectivity index (χ2n) is 7.11. The molecule has 2 aromatic carbocycles. The Morgan fingerprint density at radius 3 is 1.75 bits per heavy atom.